The number of pyridine rings is 1. The molecule has 1 aromatic rings. The second-order valence-corrected chi connectivity index (χ2v) is 4.11. The lowest BCUT2D eigenvalue weighted by molar-refractivity contribution is -0.141. The molecule has 1 rings (SSSR count). The second-order valence-electron chi connectivity index (χ2n) is 2.55. The van der Waals surface area contributed by atoms with Gasteiger partial charge in [0.15, 0.2) is 5.69 Å². The lowest BCUT2D eigenvalue weighted by Gasteiger charge is -2.09. The van der Waals surface area contributed by atoms with E-state index in [0.717, 1.165) is 12.1 Å². The number of rotatable bonds is 2. The van der Waals surface area contributed by atoms with Gasteiger partial charge in [-0.1, -0.05) is 11.6 Å². The first-order valence-corrected chi connectivity index (χ1v) is 5.40. The molecule has 0 unspecified atom stereocenters. The third-order valence-electron chi connectivity index (χ3n) is 1.29. The minimum Gasteiger partial charge on any atom is -0.350 e. The van der Waals surface area contributed by atoms with E-state index in [9.17, 15) is 21.6 Å². The zero-order chi connectivity index (χ0) is 12.6. The minimum atomic E-state index is -4.81. The van der Waals surface area contributed by atoms with Gasteiger partial charge in [0.2, 0.25) is 5.88 Å². The number of hydrogen-bond donors (Lipinski definition) is 1. The van der Waals surface area contributed by atoms with Gasteiger partial charge in [-0.05, 0) is 6.07 Å². The molecule has 90 valence electrons. The molecule has 0 aliphatic rings. The fourth-order valence-electron chi connectivity index (χ4n) is 0.788. The van der Waals surface area contributed by atoms with Gasteiger partial charge in [-0.25, -0.2) is 4.98 Å². The zero-order valence-corrected chi connectivity index (χ0v) is 8.90. The van der Waals surface area contributed by atoms with Crippen LogP contribution in [0.4, 0.5) is 13.2 Å². The van der Waals surface area contributed by atoms with Crippen molar-refractivity contribution in [2.24, 2.45) is 5.14 Å². The summed E-state index contributed by atoms with van der Waals surface area (Å²) in [6, 6.07) is 1.65. The van der Waals surface area contributed by atoms with Gasteiger partial charge in [0, 0.05) is 6.07 Å². The standard InChI is InChI=1S/C6H4ClF3N2O3S/c7-3-1-2-4(15-16(11,13)14)12-5(3)6(8,9)10/h1-2H,(H2,11,13,14). The van der Waals surface area contributed by atoms with Gasteiger partial charge in [0.05, 0.1) is 5.02 Å². The van der Waals surface area contributed by atoms with Crippen LogP contribution in [0.15, 0.2) is 12.1 Å². The third kappa shape index (κ3) is 3.51. The van der Waals surface area contributed by atoms with Crippen LogP contribution in [0, 0.1) is 0 Å². The fraction of sp³-hybridized carbons (Fsp3) is 0.167. The molecular formula is C6H4ClF3N2O3S. The molecule has 0 bridgehead atoms. The lowest BCUT2D eigenvalue weighted by Crippen LogP contribution is -2.20. The Morgan fingerprint density at radius 3 is 2.38 bits per heavy atom. The zero-order valence-electron chi connectivity index (χ0n) is 7.32. The van der Waals surface area contributed by atoms with Crippen molar-refractivity contribution in [2.45, 2.75) is 6.18 Å². The van der Waals surface area contributed by atoms with Gasteiger partial charge in [-0.15, -0.1) is 0 Å². The van der Waals surface area contributed by atoms with E-state index >= 15 is 0 Å². The van der Waals surface area contributed by atoms with Crippen molar-refractivity contribution in [3.63, 3.8) is 0 Å². The predicted octanol–water partition coefficient (Wildman–Crippen LogP) is 1.34. The van der Waals surface area contributed by atoms with Crippen LogP contribution in [0.5, 0.6) is 5.88 Å². The van der Waals surface area contributed by atoms with E-state index in [1.54, 1.807) is 0 Å². The van der Waals surface area contributed by atoms with Crippen LogP contribution in [0.2, 0.25) is 5.02 Å². The quantitative estimate of drug-likeness (QED) is 0.883. The molecule has 0 saturated heterocycles. The summed E-state index contributed by atoms with van der Waals surface area (Å²) in [6.45, 7) is 0. The molecule has 0 saturated carbocycles. The Morgan fingerprint density at radius 1 is 1.38 bits per heavy atom. The van der Waals surface area contributed by atoms with E-state index in [1.807, 2.05) is 0 Å². The first-order valence-electron chi connectivity index (χ1n) is 3.55. The summed E-state index contributed by atoms with van der Waals surface area (Å²) in [5.41, 5.74) is -1.45. The van der Waals surface area contributed by atoms with E-state index < -0.39 is 33.1 Å². The van der Waals surface area contributed by atoms with Crippen LogP contribution in [0.1, 0.15) is 5.69 Å². The van der Waals surface area contributed by atoms with Crippen LogP contribution in [0.3, 0.4) is 0 Å². The summed E-state index contributed by atoms with van der Waals surface area (Å²) in [4.78, 5) is 2.89. The summed E-state index contributed by atoms with van der Waals surface area (Å²) in [6.07, 6.45) is -4.81. The van der Waals surface area contributed by atoms with E-state index in [4.69, 9.17) is 11.6 Å². The molecule has 10 heteroatoms. The van der Waals surface area contributed by atoms with Gasteiger partial charge in [0.25, 0.3) is 0 Å². The molecular weight excluding hydrogens is 273 g/mol. The maximum atomic E-state index is 12.3. The Morgan fingerprint density at radius 2 is 1.94 bits per heavy atom. The van der Waals surface area contributed by atoms with Gasteiger partial charge in [0.1, 0.15) is 0 Å². The highest BCUT2D eigenvalue weighted by molar-refractivity contribution is 7.84. The van der Waals surface area contributed by atoms with Crippen LogP contribution < -0.4 is 9.32 Å². The first kappa shape index (κ1) is 13.0. The van der Waals surface area contributed by atoms with Gasteiger partial charge < -0.3 is 4.18 Å². The minimum absolute atomic E-state index is 0.672. The molecule has 0 radical (unpaired) electrons. The molecule has 0 spiro atoms. The highest BCUT2D eigenvalue weighted by Crippen LogP contribution is 2.34. The normalized spacial score (nSPS) is 12.6. The molecule has 1 aromatic heterocycles. The van der Waals surface area contributed by atoms with Crippen molar-refractivity contribution in [1.82, 2.24) is 4.98 Å². The summed E-state index contributed by atoms with van der Waals surface area (Å²) in [7, 11) is -4.43. The molecule has 1 heterocycles. The predicted molar refractivity (Wildman–Crippen MR) is 48.0 cm³/mol. The van der Waals surface area contributed by atoms with E-state index in [0.29, 0.717) is 0 Å². The third-order valence-corrected chi connectivity index (χ3v) is 2.00. The maximum absolute atomic E-state index is 12.3. The van der Waals surface area contributed by atoms with Crippen molar-refractivity contribution in [3.8, 4) is 5.88 Å². The Bertz CT molecular complexity index is 502. The van der Waals surface area contributed by atoms with Gasteiger partial charge in [-0.3, -0.25) is 0 Å². The molecule has 0 aliphatic carbocycles. The number of aromatic nitrogens is 1. The Labute approximate surface area is 93.2 Å². The molecule has 0 fully saturated rings. The molecule has 0 aliphatic heterocycles. The highest BCUT2D eigenvalue weighted by Gasteiger charge is 2.35. The van der Waals surface area contributed by atoms with Crippen LogP contribution >= 0.6 is 11.6 Å². The van der Waals surface area contributed by atoms with E-state index in [1.165, 1.54) is 0 Å². The van der Waals surface area contributed by atoms with Crippen molar-refractivity contribution >= 4 is 21.9 Å². The average molecular weight is 277 g/mol. The van der Waals surface area contributed by atoms with Gasteiger partial charge >= 0.3 is 16.5 Å². The van der Waals surface area contributed by atoms with E-state index in [-0.39, 0.29) is 0 Å². The molecule has 2 N–H and O–H groups in total. The summed E-state index contributed by atoms with van der Waals surface area (Å²) in [5, 5.41) is 3.79. The monoisotopic (exact) mass is 276 g/mol. The average Bonchev–Trinajstić information content (AvgIpc) is 2.04. The molecule has 16 heavy (non-hydrogen) atoms. The Balaban J connectivity index is 3.18. The number of nitrogens with zero attached hydrogens (tertiary/aromatic N) is 1. The van der Waals surface area contributed by atoms with Crippen molar-refractivity contribution in [1.29, 1.82) is 0 Å². The van der Waals surface area contributed by atoms with Crippen LogP contribution in [-0.4, -0.2) is 13.4 Å². The molecule has 0 atom stereocenters. The number of hydrogen-bond acceptors (Lipinski definition) is 4. The summed E-state index contributed by atoms with van der Waals surface area (Å²) >= 11 is 5.23. The molecule has 5 nitrogen and oxygen atoms in total. The largest absolute Gasteiger partial charge is 0.434 e. The highest BCUT2D eigenvalue weighted by atomic mass is 35.5. The lowest BCUT2D eigenvalue weighted by atomic mass is 10.3. The summed E-state index contributed by atoms with van der Waals surface area (Å²) < 4.78 is 61.7. The topological polar surface area (TPSA) is 82.3 Å². The number of alkyl halides is 3. The smallest absolute Gasteiger partial charge is 0.350 e. The number of halogens is 4. The van der Waals surface area contributed by atoms with Crippen molar-refractivity contribution < 1.29 is 25.8 Å². The SMILES string of the molecule is NS(=O)(=O)Oc1ccc(Cl)c(C(F)(F)F)n1. The second kappa shape index (κ2) is 4.07. The van der Waals surface area contributed by atoms with Crippen LogP contribution in [-0.2, 0) is 16.5 Å². The fourth-order valence-corrected chi connectivity index (χ4v) is 1.33. The van der Waals surface area contributed by atoms with Crippen molar-refractivity contribution in [3.05, 3.63) is 22.8 Å². The van der Waals surface area contributed by atoms with E-state index in [2.05, 4.69) is 14.3 Å². The van der Waals surface area contributed by atoms with Gasteiger partial charge in [-0.2, -0.15) is 26.7 Å². The summed E-state index contributed by atoms with van der Waals surface area (Å²) in [5.74, 6) is -0.806. The Hall–Kier alpha value is -1.06. The molecule has 0 aromatic carbocycles. The maximum Gasteiger partial charge on any atom is 0.434 e. The number of nitrogens with two attached hydrogens (primary N) is 1. The first-order chi connectivity index (χ1) is 7.09. The van der Waals surface area contributed by atoms with Crippen molar-refractivity contribution in [2.75, 3.05) is 0 Å². The van der Waals surface area contributed by atoms with Crippen LogP contribution in [0.25, 0.3) is 0 Å². The Kier molecular flexibility index (Phi) is 3.31. The molecule has 0 amide bonds.